The molecule has 1 saturated heterocycles. The molecule has 0 spiro atoms. The molecule has 3 aliphatic rings. The summed E-state index contributed by atoms with van der Waals surface area (Å²) in [5, 5.41) is 22.8. The number of alkyl halides is 1. The molecule has 4 rings (SSSR count). The van der Waals surface area contributed by atoms with Crippen molar-refractivity contribution in [1.29, 1.82) is 0 Å². The van der Waals surface area contributed by atoms with Gasteiger partial charge >= 0.3 is 7.82 Å². The van der Waals surface area contributed by atoms with Crippen LogP contribution in [0.4, 0.5) is 8.78 Å². The fourth-order valence-electron chi connectivity index (χ4n) is 2.79. The summed E-state index contributed by atoms with van der Waals surface area (Å²) in [6.45, 7) is -0.979. The van der Waals surface area contributed by atoms with Crippen molar-refractivity contribution < 1.29 is 50.8 Å². The first kappa shape index (κ1) is 18.5. The number of carbonyl (C=O) groups excluding carboxylic acids is 1. The third-order valence-corrected chi connectivity index (χ3v) is 5.75. The number of hydrogen-bond acceptors (Lipinski definition) is 9. The van der Waals surface area contributed by atoms with Crippen molar-refractivity contribution in [2.45, 2.75) is 30.9 Å². The minimum absolute atomic E-state index is 0.0635. The number of carbonyl (C=O) groups is 1. The number of phosphoric acid groups is 1. The molecule has 0 saturated carbocycles. The Morgan fingerprint density at radius 2 is 2.29 bits per heavy atom. The third-order valence-electron chi connectivity index (χ3n) is 4.34. The van der Waals surface area contributed by atoms with Gasteiger partial charge in [-0.2, -0.15) is 4.39 Å². The van der Waals surface area contributed by atoms with Gasteiger partial charge in [0.25, 0.3) is 11.8 Å². The largest absolute Gasteiger partial charge is 0.530 e. The quantitative estimate of drug-likeness (QED) is 0.550. The Kier molecular flexibility index (Phi) is 4.67. The van der Waals surface area contributed by atoms with E-state index < -0.39 is 62.8 Å². The molecule has 10 nitrogen and oxygen atoms in total. The fourth-order valence-corrected chi connectivity index (χ4v) is 4.08. The van der Waals surface area contributed by atoms with Crippen molar-refractivity contribution in [3.8, 4) is 5.75 Å². The van der Waals surface area contributed by atoms with E-state index in [9.17, 15) is 24.0 Å². The van der Waals surface area contributed by atoms with E-state index in [4.69, 9.17) is 29.5 Å². The minimum Gasteiger partial charge on any atom is -0.404 e. The van der Waals surface area contributed by atoms with Crippen molar-refractivity contribution in [1.82, 2.24) is 10.2 Å². The summed E-state index contributed by atoms with van der Waals surface area (Å²) in [5.74, 6) is -7.43. The molecule has 1 unspecified atom stereocenters. The van der Waals surface area contributed by atoms with Gasteiger partial charge in [0.1, 0.15) is 30.3 Å². The second-order valence-electron chi connectivity index (χ2n) is 6.48. The second kappa shape index (κ2) is 7.82. The highest BCUT2D eigenvalue weighted by Crippen LogP contribution is 2.55. The van der Waals surface area contributed by atoms with Gasteiger partial charge in [-0.1, -0.05) is 18.2 Å². The van der Waals surface area contributed by atoms with Gasteiger partial charge in [0.05, 0.1) is 10.7 Å². The summed E-state index contributed by atoms with van der Waals surface area (Å²) in [5.41, 5.74) is 0.329. The van der Waals surface area contributed by atoms with E-state index >= 15 is 4.39 Å². The first-order valence-corrected chi connectivity index (χ1v) is 10.3. The number of aliphatic hydroxyl groups is 2. The van der Waals surface area contributed by atoms with E-state index in [2.05, 4.69) is 11.1 Å². The van der Waals surface area contributed by atoms with E-state index in [1.165, 1.54) is 18.2 Å². The predicted molar refractivity (Wildman–Crippen MR) is 99.5 cm³/mol. The van der Waals surface area contributed by atoms with Crippen LogP contribution in [0, 0.1) is 0 Å². The van der Waals surface area contributed by atoms with Gasteiger partial charge in [0, 0.05) is 16.8 Å². The smallest absolute Gasteiger partial charge is 0.404 e. The van der Waals surface area contributed by atoms with Crippen LogP contribution in [0.3, 0.4) is 0 Å². The normalized spacial score (nSPS) is 39.6. The maximum atomic E-state index is 15.8. The number of benzene rings is 1. The highest BCUT2D eigenvalue weighted by molar-refractivity contribution is 7.49. The number of rotatable bonds is 4. The third kappa shape index (κ3) is 4.08. The van der Waals surface area contributed by atoms with E-state index in [0.717, 1.165) is 0 Å². The van der Waals surface area contributed by atoms with E-state index in [1.807, 2.05) is 5.32 Å². The summed E-state index contributed by atoms with van der Waals surface area (Å²) < 4.78 is 86.1. The van der Waals surface area contributed by atoms with E-state index in [1.54, 1.807) is 0 Å². The zero-order chi connectivity index (χ0) is 25.3. The maximum absolute atomic E-state index is 15.8. The lowest BCUT2D eigenvalue weighted by atomic mass is 10.1. The van der Waals surface area contributed by atoms with Crippen LogP contribution in [0.1, 0.15) is 9.68 Å². The molecule has 3 aliphatic heterocycles. The molecule has 5 atom stereocenters. The summed E-state index contributed by atoms with van der Waals surface area (Å²) in [6.07, 6.45) is -8.24. The van der Waals surface area contributed by atoms with Gasteiger partial charge in [-0.3, -0.25) is 13.8 Å². The highest BCUT2D eigenvalue weighted by Gasteiger charge is 2.58. The number of nitrogens with zero attached hydrogens (tertiary/aromatic N) is 1. The number of ether oxygens (including phenoxy) is 1. The molecule has 1 fully saturated rings. The van der Waals surface area contributed by atoms with Gasteiger partial charge in [0.2, 0.25) is 5.83 Å². The van der Waals surface area contributed by atoms with Gasteiger partial charge < -0.3 is 29.7 Å². The van der Waals surface area contributed by atoms with Crippen LogP contribution in [0.15, 0.2) is 42.6 Å². The molecule has 1 aromatic carbocycles. The van der Waals surface area contributed by atoms with Gasteiger partial charge in [-0.15, -0.1) is 0 Å². The number of fused-ring (bicyclic) bond motifs is 1. The lowest BCUT2D eigenvalue weighted by Crippen LogP contribution is -2.47. The summed E-state index contributed by atoms with van der Waals surface area (Å²) in [4.78, 5) is 11.7. The van der Waals surface area contributed by atoms with Crippen LogP contribution < -0.4 is 9.84 Å². The average Bonchev–Trinajstić information content (AvgIpc) is 2.92. The van der Waals surface area contributed by atoms with E-state index in [0.29, 0.717) is 21.7 Å². The van der Waals surface area contributed by atoms with Crippen LogP contribution in [0.2, 0.25) is 5.02 Å². The molecular weight excluding hydrogens is 465 g/mol. The Labute approximate surface area is 183 Å². The van der Waals surface area contributed by atoms with E-state index in [-0.39, 0.29) is 5.75 Å². The van der Waals surface area contributed by atoms with Crippen LogP contribution >= 0.6 is 19.4 Å². The number of halogens is 3. The minimum atomic E-state index is -4.88. The van der Waals surface area contributed by atoms with Crippen molar-refractivity contribution in [3.05, 3.63) is 53.2 Å². The molecule has 3 N–H and O–H groups in total. The molecule has 0 bridgehead atoms. The summed E-state index contributed by atoms with van der Waals surface area (Å²) in [7, 11) is -4.88. The first-order chi connectivity index (χ1) is 15.6. The Morgan fingerprint density at radius 3 is 3.03 bits per heavy atom. The van der Waals surface area contributed by atoms with Crippen LogP contribution in [-0.2, 0) is 29.8 Å². The molecule has 0 aromatic heterocycles. The standard InChI is InChI=1S/C17H16ClF2N2O8P/c1-8-21-15(25)11(19)5-22(8)16-13(23)14(24)17(20,29-16)7-28-31(26)27-6-9-4-10(18)2-3-12(9)30-31/h2-5,13-14,16,23-24H,1,6-7H2,(H,21,25)/t13-,14+,16-,17-,31?/m1/s1/i7D2,16D. The molecule has 1 aromatic rings. The molecule has 0 radical (unpaired) electrons. The maximum Gasteiger partial charge on any atom is 0.530 e. The van der Waals surface area contributed by atoms with Crippen molar-refractivity contribution >= 4 is 25.3 Å². The zero-order valence-electron chi connectivity index (χ0n) is 18.3. The second-order valence-corrected chi connectivity index (χ2v) is 8.43. The molecule has 3 heterocycles. The van der Waals surface area contributed by atoms with Gasteiger partial charge in [-0.25, -0.2) is 8.96 Å². The Bertz CT molecular complexity index is 1160. The number of aliphatic hydroxyl groups excluding tert-OH is 2. The summed E-state index contributed by atoms with van der Waals surface area (Å²) >= 11 is 5.84. The average molecular weight is 484 g/mol. The number of nitrogens with one attached hydrogen (secondary N) is 1. The highest BCUT2D eigenvalue weighted by atomic mass is 35.5. The van der Waals surface area contributed by atoms with Crippen molar-refractivity contribution in [2.75, 3.05) is 6.56 Å². The molecular formula is C17H16ClF2N2O8P. The lowest BCUT2D eigenvalue weighted by molar-refractivity contribution is -0.208. The van der Waals surface area contributed by atoms with Crippen molar-refractivity contribution in [2.24, 2.45) is 0 Å². The SMILES string of the molecule is [2H]C([2H])(OP1(=O)OCc2cc(Cl)ccc2O1)[C@@]1(F)O[C@@]([2H])(N2C=C(F)C(=O)NC2=C)[C@H](O)[C@@H]1O. The van der Waals surface area contributed by atoms with Gasteiger partial charge in [0.15, 0.2) is 6.20 Å². The monoisotopic (exact) mass is 483 g/mol. The topological polar surface area (TPSA) is 127 Å². The van der Waals surface area contributed by atoms with Crippen molar-refractivity contribution in [3.63, 3.8) is 0 Å². The fraction of sp³-hybridized carbons (Fsp3) is 0.353. The number of amides is 1. The molecule has 31 heavy (non-hydrogen) atoms. The Balaban J connectivity index is 1.63. The first-order valence-electron chi connectivity index (χ1n) is 9.97. The molecule has 1 amide bonds. The number of phosphoric ester groups is 1. The number of hydrogen-bond donors (Lipinski definition) is 3. The molecule has 14 heteroatoms. The van der Waals surface area contributed by atoms with Gasteiger partial charge in [-0.05, 0) is 18.2 Å². The Morgan fingerprint density at radius 1 is 1.55 bits per heavy atom. The van der Waals surface area contributed by atoms with Crippen LogP contribution in [-0.4, -0.2) is 51.8 Å². The molecule has 0 aliphatic carbocycles. The lowest BCUT2D eigenvalue weighted by Gasteiger charge is -2.33. The Hall–Kier alpha value is -2.05. The van der Waals surface area contributed by atoms with Crippen LogP contribution in [0.5, 0.6) is 5.75 Å². The zero-order valence-corrected chi connectivity index (χ0v) is 16.9. The summed E-state index contributed by atoms with van der Waals surface area (Å²) in [6, 6.07) is 4.07. The predicted octanol–water partition coefficient (Wildman–Crippen LogP) is 1.83. The molecule has 168 valence electrons. The van der Waals surface area contributed by atoms with Crippen LogP contribution in [0.25, 0.3) is 0 Å².